The van der Waals surface area contributed by atoms with Gasteiger partial charge in [0.15, 0.2) is 12.2 Å². The van der Waals surface area contributed by atoms with Crippen LogP contribution in [0.4, 0.5) is 0 Å². The third-order valence-corrected chi connectivity index (χ3v) is 18.0. The molecule has 0 bridgehead atoms. The summed E-state index contributed by atoms with van der Waals surface area (Å²) in [4.78, 5) is 72.5. The molecule has 89 heavy (non-hydrogen) atoms. The highest BCUT2D eigenvalue weighted by molar-refractivity contribution is 7.47. The number of hydrogen-bond donors (Lipinski definition) is 3. The maximum absolute atomic E-state index is 13.0. The van der Waals surface area contributed by atoms with Crippen LogP contribution in [-0.4, -0.2) is 96.7 Å². The number of phosphoric ester groups is 2. The fourth-order valence-electron chi connectivity index (χ4n) is 10.5. The summed E-state index contributed by atoms with van der Waals surface area (Å²) in [5, 5.41) is 10.6. The highest BCUT2D eigenvalue weighted by Crippen LogP contribution is 2.45. The lowest BCUT2D eigenvalue weighted by Crippen LogP contribution is -2.30. The van der Waals surface area contributed by atoms with Crippen molar-refractivity contribution in [3.8, 4) is 0 Å². The highest BCUT2D eigenvalue weighted by Gasteiger charge is 2.30. The van der Waals surface area contributed by atoms with Crippen LogP contribution >= 0.6 is 15.6 Å². The predicted octanol–water partition coefficient (Wildman–Crippen LogP) is 19.7. The molecule has 0 aliphatic heterocycles. The van der Waals surface area contributed by atoms with Gasteiger partial charge >= 0.3 is 39.5 Å². The van der Waals surface area contributed by atoms with E-state index in [1.165, 1.54) is 141 Å². The molecule has 0 heterocycles. The van der Waals surface area contributed by atoms with E-state index in [-0.39, 0.29) is 25.7 Å². The Bertz CT molecular complexity index is 1760. The minimum Gasteiger partial charge on any atom is -0.462 e. The molecule has 0 radical (unpaired) electrons. The lowest BCUT2D eigenvalue weighted by Gasteiger charge is -2.21. The largest absolute Gasteiger partial charge is 0.472 e. The van der Waals surface area contributed by atoms with Gasteiger partial charge in [-0.05, 0) is 49.4 Å². The van der Waals surface area contributed by atoms with Crippen LogP contribution in [0.3, 0.4) is 0 Å². The minimum atomic E-state index is -4.95. The second kappa shape index (κ2) is 59.8. The lowest BCUT2D eigenvalue weighted by molar-refractivity contribution is -0.161. The summed E-state index contributed by atoms with van der Waals surface area (Å²) in [6.45, 7) is 14.0. The first-order chi connectivity index (χ1) is 42.6. The summed E-state index contributed by atoms with van der Waals surface area (Å²) in [6.07, 6.45) is 41.9. The molecule has 0 amide bonds. The molecule has 0 saturated carbocycles. The van der Waals surface area contributed by atoms with E-state index in [9.17, 15) is 43.2 Å². The van der Waals surface area contributed by atoms with E-state index in [1.54, 1.807) is 0 Å². The van der Waals surface area contributed by atoms with Gasteiger partial charge in [-0.1, -0.05) is 293 Å². The van der Waals surface area contributed by atoms with Gasteiger partial charge in [0.1, 0.15) is 19.3 Å². The van der Waals surface area contributed by atoms with E-state index in [2.05, 4.69) is 55.4 Å². The highest BCUT2D eigenvalue weighted by atomic mass is 31.2. The van der Waals surface area contributed by atoms with Crippen molar-refractivity contribution in [1.82, 2.24) is 0 Å². The molecule has 3 unspecified atom stereocenters. The van der Waals surface area contributed by atoms with E-state index in [4.69, 9.17) is 37.0 Å². The van der Waals surface area contributed by atoms with Crippen LogP contribution in [0.15, 0.2) is 0 Å². The van der Waals surface area contributed by atoms with Gasteiger partial charge in [-0.3, -0.25) is 37.3 Å². The zero-order valence-electron chi connectivity index (χ0n) is 58.1. The number of aliphatic hydroxyl groups is 1. The van der Waals surface area contributed by atoms with Crippen molar-refractivity contribution < 1.29 is 80.2 Å². The number of carbonyl (C=O) groups is 4. The fraction of sp³-hybridized carbons (Fsp3) is 0.943. The van der Waals surface area contributed by atoms with Crippen LogP contribution < -0.4 is 0 Å². The van der Waals surface area contributed by atoms with Crippen LogP contribution in [0.2, 0.25) is 0 Å². The fourth-order valence-corrected chi connectivity index (χ4v) is 12.1. The number of aliphatic hydroxyl groups excluding tert-OH is 1. The van der Waals surface area contributed by atoms with Crippen molar-refractivity contribution >= 4 is 39.5 Å². The van der Waals surface area contributed by atoms with Gasteiger partial charge in [-0.15, -0.1) is 0 Å². The maximum atomic E-state index is 13.0. The second-order valence-electron chi connectivity index (χ2n) is 27.2. The van der Waals surface area contributed by atoms with Gasteiger partial charge in [0.05, 0.1) is 26.4 Å². The minimum absolute atomic E-state index is 0.102. The van der Waals surface area contributed by atoms with E-state index in [1.807, 2.05) is 0 Å². The molecule has 528 valence electrons. The Hall–Kier alpha value is -1.94. The number of hydrogen-bond acceptors (Lipinski definition) is 15. The smallest absolute Gasteiger partial charge is 0.462 e. The number of esters is 4. The van der Waals surface area contributed by atoms with E-state index >= 15 is 0 Å². The van der Waals surface area contributed by atoms with Gasteiger partial charge < -0.3 is 33.8 Å². The summed E-state index contributed by atoms with van der Waals surface area (Å²) in [5.74, 6) is 0.797. The SMILES string of the molecule is CC(C)CCCCCCCCCCCCCCCC(=O)OC[C@H](COP(=O)(O)OCC(O)COP(=O)(O)OC[C@@H](COC(=O)CCCCCCCCCC(C)C)OC(=O)CCCCCCCCCCCCCC(C)C)OC(=O)CCCCCCCCC(C)C. The number of unbranched alkanes of at least 4 members (excludes halogenated alkanes) is 33. The number of rotatable bonds is 67. The number of phosphoric acid groups is 2. The molecular formula is C70H136O17P2. The van der Waals surface area contributed by atoms with Crippen molar-refractivity contribution in [2.75, 3.05) is 39.6 Å². The zero-order valence-corrected chi connectivity index (χ0v) is 59.8. The number of carbonyl (C=O) groups excluding carboxylic acids is 4. The average Bonchev–Trinajstić information content (AvgIpc) is 3.68. The molecule has 3 N–H and O–H groups in total. The van der Waals surface area contributed by atoms with E-state index < -0.39 is 97.5 Å². The molecule has 5 atom stereocenters. The average molecular weight is 1310 g/mol. The summed E-state index contributed by atoms with van der Waals surface area (Å²) in [7, 11) is -9.90. The summed E-state index contributed by atoms with van der Waals surface area (Å²) >= 11 is 0. The molecule has 0 aliphatic rings. The first kappa shape index (κ1) is 87.1. The van der Waals surface area contributed by atoms with Gasteiger partial charge in [0.25, 0.3) is 0 Å². The predicted molar refractivity (Wildman–Crippen MR) is 358 cm³/mol. The Labute approximate surface area is 543 Å². The quantitative estimate of drug-likeness (QED) is 0.0222. The van der Waals surface area contributed by atoms with Gasteiger partial charge in [-0.2, -0.15) is 0 Å². The summed E-state index contributed by atoms with van der Waals surface area (Å²) < 4.78 is 68.2. The first-order valence-corrected chi connectivity index (χ1v) is 39.2. The lowest BCUT2D eigenvalue weighted by atomic mass is 10.0. The molecule has 0 aliphatic carbocycles. The van der Waals surface area contributed by atoms with Crippen LogP contribution in [-0.2, 0) is 65.4 Å². The molecule has 0 saturated heterocycles. The third-order valence-electron chi connectivity index (χ3n) is 16.1. The second-order valence-corrected chi connectivity index (χ2v) is 30.1. The maximum Gasteiger partial charge on any atom is 0.472 e. The van der Waals surface area contributed by atoms with Crippen LogP contribution in [0.5, 0.6) is 0 Å². The van der Waals surface area contributed by atoms with Crippen LogP contribution in [0, 0.1) is 23.7 Å². The third kappa shape index (κ3) is 64.6. The van der Waals surface area contributed by atoms with Crippen molar-refractivity contribution in [1.29, 1.82) is 0 Å². The molecule has 0 aromatic heterocycles. The van der Waals surface area contributed by atoms with Crippen molar-refractivity contribution in [2.24, 2.45) is 23.7 Å². The summed E-state index contributed by atoms with van der Waals surface area (Å²) in [5.41, 5.74) is 0. The van der Waals surface area contributed by atoms with Crippen molar-refractivity contribution in [3.63, 3.8) is 0 Å². The topological polar surface area (TPSA) is 237 Å². The van der Waals surface area contributed by atoms with E-state index in [0.29, 0.717) is 37.5 Å². The monoisotopic (exact) mass is 1310 g/mol. The van der Waals surface area contributed by atoms with Gasteiger partial charge in [-0.25, -0.2) is 9.13 Å². The molecule has 0 spiro atoms. The van der Waals surface area contributed by atoms with Crippen LogP contribution in [0.25, 0.3) is 0 Å². The van der Waals surface area contributed by atoms with Crippen LogP contribution in [0.1, 0.15) is 344 Å². The van der Waals surface area contributed by atoms with E-state index in [0.717, 1.165) is 108 Å². The first-order valence-electron chi connectivity index (χ1n) is 36.2. The zero-order chi connectivity index (χ0) is 66.1. The molecule has 0 fully saturated rings. The Kier molecular flexibility index (Phi) is 58.5. The van der Waals surface area contributed by atoms with Gasteiger partial charge in [0, 0.05) is 25.7 Å². The molecule has 0 aromatic rings. The standard InChI is InChI=1S/C70H136O17P2/c1-60(2)46-38-30-22-17-13-10-9-11-15-19-25-34-42-50-67(72)80-57-66(87-70(75)53-45-37-29-28-33-41-49-63(7)8)59-85-89(78,79)83-55-64(71)54-82-88(76,77)84-58-65(56-81-68(73)51-43-35-27-21-24-32-40-48-62(5)6)86-69(74)52-44-36-26-20-16-12-14-18-23-31-39-47-61(3)4/h60-66,71H,9-59H2,1-8H3,(H,76,77)(H,78,79)/t64?,65-,66-/m1/s1. The Balaban J connectivity index is 5.20. The molecule has 0 rings (SSSR count). The molecular weight excluding hydrogens is 1170 g/mol. The number of ether oxygens (including phenoxy) is 4. The Morgan fingerprint density at radius 2 is 0.472 bits per heavy atom. The molecule has 19 heteroatoms. The molecule has 0 aromatic carbocycles. The normalized spacial score (nSPS) is 14.3. The summed E-state index contributed by atoms with van der Waals surface area (Å²) in [6, 6.07) is 0. The Morgan fingerprint density at radius 1 is 0.281 bits per heavy atom. The van der Waals surface area contributed by atoms with Crippen molar-refractivity contribution in [2.45, 2.75) is 363 Å². The Morgan fingerprint density at radius 3 is 0.697 bits per heavy atom. The van der Waals surface area contributed by atoms with Crippen molar-refractivity contribution in [3.05, 3.63) is 0 Å². The van der Waals surface area contributed by atoms with Gasteiger partial charge in [0.2, 0.25) is 0 Å². The molecule has 17 nitrogen and oxygen atoms in total.